The van der Waals surface area contributed by atoms with E-state index in [0.717, 1.165) is 11.8 Å². The predicted molar refractivity (Wildman–Crippen MR) is 74.8 cm³/mol. The van der Waals surface area contributed by atoms with E-state index in [1.54, 1.807) is 0 Å². The topological polar surface area (TPSA) is 28.7 Å². The van der Waals surface area contributed by atoms with Gasteiger partial charge in [0.1, 0.15) is 5.82 Å². The molecule has 0 bridgehead atoms. The highest BCUT2D eigenvalue weighted by Crippen LogP contribution is 2.33. The van der Waals surface area contributed by atoms with Gasteiger partial charge in [0.05, 0.1) is 5.69 Å². The third kappa shape index (κ3) is 2.48. The Morgan fingerprint density at radius 2 is 2.00 bits per heavy atom. The summed E-state index contributed by atoms with van der Waals surface area (Å²) in [6.07, 6.45) is 10.8. The van der Waals surface area contributed by atoms with Crippen LogP contribution in [0.2, 0.25) is 0 Å². The summed E-state index contributed by atoms with van der Waals surface area (Å²) in [6, 6.07) is 0. The van der Waals surface area contributed by atoms with E-state index < -0.39 is 0 Å². The Labute approximate surface area is 111 Å². The van der Waals surface area contributed by atoms with Gasteiger partial charge in [-0.3, -0.25) is 0 Å². The van der Waals surface area contributed by atoms with Crippen LogP contribution in [0.3, 0.4) is 0 Å². The average molecular weight is 246 g/mol. The molecule has 1 N–H and O–H groups in total. The molecule has 0 saturated heterocycles. The van der Waals surface area contributed by atoms with Crippen LogP contribution >= 0.6 is 0 Å². The minimum atomic E-state index is 0.653. The quantitative estimate of drug-likeness (QED) is 0.850. The van der Waals surface area contributed by atoms with Crippen molar-refractivity contribution in [3.05, 3.63) is 17.2 Å². The highest BCUT2D eigenvalue weighted by atomic mass is 14.9. The summed E-state index contributed by atoms with van der Waals surface area (Å²) in [5.74, 6) is 3.70. The first-order valence-electron chi connectivity index (χ1n) is 7.80. The van der Waals surface area contributed by atoms with Crippen LogP contribution in [-0.4, -0.2) is 9.97 Å². The first kappa shape index (κ1) is 12.3. The number of aromatic nitrogens is 2. The van der Waals surface area contributed by atoms with Crippen molar-refractivity contribution in [2.24, 2.45) is 11.8 Å². The average Bonchev–Trinajstić information content (AvgIpc) is 2.93. The van der Waals surface area contributed by atoms with Crippen LogP contribution in [-0.2, 0) is 12.8 Å². The van der Waals surface area contributed by atoms with Crippen LogP contribution in [0.25, 0.3) is 0 Å². The lowest BCUT2D eigenvalue weighted by Gasteiger charge is -2.22. The molecule has 1 aromatic heterocycles. The fourth-order valence-electron chi connectivity index (χ4n) is 3.95. The minimum Gasteiger partial charge on any atom is -0.346 e. The molecule has 2 aliphatic rings. The molecule has 2 atom stereocenters. The Bertz CT molecular complexity index is 401. The molecule has 3 rings (SSSR count). The lowest BCUT2D eigenvalue weighted by atomic mass is 9.84. The third-order valence-electron chi connectivity index (χ3n) is 4.90. The molecule has 0 spiro atoms. The molecule has 2 aliphatic carbocycles. The number of aromatic amines is 1. The smallest absolute Gasteiger partial charge is 0.106 e. The summed E-state index contributed by atoms with van der Waals surface area (Å²) in [5.41, 5.74) is 2.80. The molecule has 1 fully saturated rings. The standard InChI is InChI=1S/C16H26N2/c1-11-9-12(2)16-14(10-11)17-15(18-16)8-7-13-5-3-4-6-13/h11-13H,3-10H2,1-2H3,(H,17,18). The Morgan fingerprint density at radius 3 is 2.78 bits per heavy atom. The number of imidazole rings is 1. The Hall–Kier alpha value is -0.790. The summed E-state index contributed by atoms with van der Waals surface area (Å²) in [7, 11) is 0. The number of nitrogens with zero attached hydrogens (tertiary/aromatic N) is 1. The van der Waals surface area contributed by atoms with Crippen LogP contribution in [0.5, 0.6) is 0 Å². The van der Waals surface area contributed by atoms with Crippen molar-refractivity contribution in [3.63, 3.8) is 0 Å². The zero-order valence-electron chi connectivity index (χ0n) is 11.8. The normalized spacial score (nSPS) is 28.6. The van der Waals surface area contributed by atoms with E-state index in [1.165, 1.54) is 68.6 Å². The van der Waals surface area contributed by atoms with Crippen molar-refractivity contribution >= 4 is 0 Å². The highest BCUT2D eigenvalue weighted by Gasteiger charge is 2.25. The fourth-order valence-corrected chi connectivity index (χ4v) is 3.95. The number of rotatable bonds is 3. The van der Waals surface area contributed by atoms with E-state index >= 15 is 0 Å². The first-order valence-corrected chi connectivity index (χ1v) is 7.80. The van der Waals surface area contributed by atoms with Gasteiger partial charge in [-0.05, 0) is 31.1 Å². The Balaban J connectivity index is 1.65. The van der Waals surface area contributed by atoms with E-state index in [9.17, 15) is 0 Å². The summed E-state index contributed by atoms with van der Waals surface area (Å²) < 4.78 is 0. The van der Waals surface area contributed by atoms with Crippen molar-refractivity contribution in [3.8, 4) is 0 Å². The molecule has 1 saturated carbocycles. The van der Waals surface area contributed by atoms with Crippen LogP contribution in [0.1, 0.15) is 75.5 Å². The molecule has 1 heterocycles. The SMILES string of the molecule is CC1Cc2[nH]c(CCC3CCCC3)nc2C(C)C1. The van der Waals surface area contributed by atoms with E-state index in [0.29, 0.717) is 5.92 Å². The summed E-state index contributed by atoms with van der Waals surface area (Å²) in [4.78, 5) is 8.48. The number of aryl methyl sites for hydroxylation is 1. The van der Waals surface area contributed by atoms with Gasteiger partial charge in [0.2, 0.25) is 0 Å². The molecule has 0 amide bonds. The van der Waals surface area contributed by atoms with Crippen LogP contribution in [0.15, 0.2) is 0 Å². The van der Waals surface area contributed by atoms with Crippen molar-refractivity contribution in [1.82, 2.24) is 9.97 Å². The molecule has 0 aromatic carbocycles. The van der Waals surface area contributed by atoms with Gasteiger partial charge in [-0.2, -0.15) is 0 Å². The molecule has 2 unspecified atom stereocenters. The molecule has 0 radical (unpaired) electrons. The van der Waals surface area contributed by atoms with Crippen LogP contribution in [0, 0.1) is 11.8 Å². The Kier molecular flexibility index (Phi) is 3.45. The second kappa shape index (κ2) is 5.07. The summed E-state index contributed by atoms with van der Waals surface area (Å²) in [5, 5.41) is 0. The van der Waals surface area contributed by atoms with E-state index in [1.807, 2.05) is 0 Å². The van der Waals surface area contributed by atoms with Crippen molar-refractivity contribution in [2.45, 2.75) is 71.1 Å². The molecule has 1 aromatic rings. The predicted octanol–water partition coefficient (Wildman–Crippen LogP) is 4.22. The second-order valence-corrected chi connectivity index (χ2v) is 6.68. The van der Waals surface area contributed by atoms with Gasteiger partial charge in [-0.15, -0.1) is 0 Å². The van der Waals surface area contributed by atoms with Crippen molar-refractivity contribution < 1.29 is 0 Å². The zero-order chi connectivity index (χ0) is 12.5. The maximum absolute atomic E-state index is 4.87. The number of hydrogen-bond acceptors (Lipinski definition) is 1. The zero-order valence-corrected chi connectivity index (χ0v) is 11.8. The highest BCUT2D eigenvalue weighted by molar-refractivity contribution is 5.22. The summed E-state index contributed by atoms with van der Waals surface area (Å²) >= 11 is 0. The number of H-pyrrole nitrogens is 1. The van der Waals surface area contributed by atoms with Gasteiger partial charge in [-0.1, -0.05) is 39.5 Å². The second-order valence-electron chi connectivity index (χ2n) is 6.68. The van der Waals surface area contributed by atoms with E-state index in [4.69, 9.17) is 4.98 Å². The van der Waals surface area contributed by atoms with Gasteiger partial charge < -0.3 is 4.98 Å². The third-order valence-corrected chi connectivity index (χ3v) is 4.90. The number of nitrogens with one attached hydrogen (secondary N) is 1. The lowest BCUT2D eigenvalue weighted by molar-refractivity contribution is 0.440. The van der Waals surface area contributed by atoms with Gasteiger partial charge >= 0.3 is 0 Å². The molecule has 100 valence electrons. The first-order chi connectivity index (χ1) is 8.72. The molecular weight excluding hydrogens is 220 g/mol. The maximum atomic E-state index is 4.87. The van der Waals surface area contributed by atoms with Gasteiger partial charge in [-0.25, -0.2) is 4.98 Å². The van der Waals surface area contributed by atoms with Crippen LogP contribution < -0.4 is 0 Å². The molecule has 2 nitrogen and oxygen atoms in total. The van der Waals surface area contributed by atoms with Gasteiger partial charge in [0, 0.05) is 18.0 Å². The summed E-state index contributed by atoms with van der Waals surface area (Å²) in [6.45, 7) is 4.69. The monoisotopic (exact) mass is 246 g/mol. The molecule has 0 aliphatic heterocycles. The lowest BCUT2D eigenvalue weighted by Crippen LogP contribution is -2.14. The van der Waals surface area contributed by atoms with Gasteiger partial charge in [0.15, 0.2) is 0 Å². The Morgan fingerprint density at radius 1 is 1.22 bits per heavy atom. The maximum Gasteiger partial charge on any atom is 0.106 e. The van der Waals surface area contributed by atoms with E-state index in [2.05, 4.69) is 18.8 Å². The molecular formula is C16H26N2. The number of hydrogen-bond donors (Lipinski definition) is 1. The largest absolute Gasteiger partial charge is 0.346 e. The van der Waals surface area contributed by atoms with Crippen molar-refractivity contribution in [2.75, 3.05) is 0 Å². The molecule has 18 heavy (non-hydrogen) atoms. The molecule has 2 heteroatoms. The fraction of sp³-hybridized carbons (Fsp3) is 0.812. The number of fused-ring (bicyclic) bond motifs is 1. The van der Waals surface area contributed by atoms with Gasteiger partial charge in [0.25, 0.3) is 0 Å². The van der Waals surface area contributed by atoms with Crippen molar-refractivity contribution in [1.29, 1.82) is 0 Å². The minimum absolute atomic E-state index is 0.653. The van der Waals surface area contributed by atoms with E-state index in [-0.39, 0.29) is 0 Å². The van der Waals surface area contributed by atoms with Crippen LogP contribution in [0.4, 0.5) is 0 Å².